The van der Waals surface area contributed by atoms with Crippen LogP contribution in [0.2, 0.25) is 0 Å². The summed E-state index contributed by atoms with van der Waals surface area (Å²) in [6.07, 6.45) is 1.51. The van der Waals surface area contributed by atoms with Crippen molar-refractivity contribution < 1.29 is 23.8 Å². The zero-order valence-corrected chi connectivity index (χ0v) is 16.9. The number of nitrogens with zero attached hydrogens (tertiary/aromatic N) is 1. The van der Waals surface area contributed by atoms with E-state index < -0.39 is 5.63 Å². The first-order valence-electron chi connectivity index (χ1n) is 10.1. The van der Waals surface area contributed by atoms with Gasteiger partial charge in [0.05, 0.1) is 18.6 Å². The number of aliphatic hydroxyl groups excluding tert-OH is 1. The van der Waals surface area contributed by atoms with Gasteiger partial charge >= 0.3 is 5.63 Å². The van der Waals surface area contributed by atoms with Gasteiger partial charge in [-0.15, -0.1) is 0 Å². The number of hydrogen-bond donors (Lipinski definition) is 1. The van der Waals surface area contributed by atoms with E-state index in [4.69, 9.17) is 13.9 Å². The zero-order chi connectivity index (χ0) is 20.6. The highest BCUT2D eigenvalue weighted by Crippen LogP contribution is 2.41. The molecule has 0 aliphatic carbocycles. The summed E-state index contributed by atoms with van der Waals surface area (Å²) in [7, 11) is 0. The highest BCUT2D eigenvalue weighted by Gasteiger charge is 2.49. The number of fused-ring (bicyclic) bond motifs is 2. The first kappa shape index (κ1) is 19.9. The molecule has 2 aliphatic heterocycles. The highest BCUT2D eigenvalue weighted by atomic mass is 16.5. The molecule has 7 nitrogen and oxygen atoms in total. The van der Waals surface area contributed by atoms with Crippen molar-refractivity contribution in [2.24, 2.45) is 11.3 Å². The topological polar surface area (TPSA) is 89.2 Å². The van der Waals surface area contributed by atoms with E-state index in [1.165, 1.54) is 6.07 Å². The van der Waals surface area contributed by atoms with E-state index in [2.05, 4.69) is 0 Å². The molecule has 2 aromatic rings. The molecule has 0 spiro atoms. The summed E-state index contributed by atoms with van der Waals surface area (Å²) in [6, 6.07) is 5.14. The second-order valence-electron chi connectivity index (χ2n) is 8.20. The summed E-state index contributed by atoms with van der Waals surface area (Å²) in [6.45, 7) is 6.04. The van der Waals surface area contributed by atoms with E-state index in [9.17, 15) is 14.7 Å². The third kappa shape index (κ3) is 3.65. The predicted molar refractivity (Wildman–Crippen MR) is 107 cm³/mol. The third-order valence-corrected chi connectivity index (χ3v) is 6.25. The number of amides is 1. The third-order valence-electron chi connectivity index (χ3n) is 6.25. The standard InChI is InChI=1S/C22H27NO6/c1-3-15-8-20(26)29-18-7-14(2)6-17(21(15)18)28-10-19(25)23-9-16-4-5-27-13-22(16,11-23)12-24/h6-8,16,24H,3-5,9-13H2,1-2H3/t16-,22+/m0/s1. The van der Waals surface area contributed by atoms with Gasteiger partial charge in [-0.3, -0.25) is 4.79 Å². The number of benzene rings is 1. The van der Waals surface area contributed by atoms with Crippen LogP contribution in [0.5, 0.6) is 5.75 Å². The number of hydrogen-bond acceptors (Lipinski definition) is 6. The lowest BCUT2D eigenvalue weighted by Crippen LogP contribution is -2.43. The summed E-state index contributed by atoms with van der Waals surface area (Å²) >= 11 is 0. The molecule has 2 aliphatic rings. The maximum Gasteiger partial charge on any atom is 0.336 e. The molecule has 156 valence electrons. The van der Waals surface area contributed by atoms with Crippen LogP contribution in [0.4, 0.5) is 0 Å². The minimum atomic E-state index is -0.391. The maximum atomic E-state index is 12.9. The Morgan fingerprint density at radius 1 is 1.38 bits per heavy atom. The van der Waals surface area contributed by atoms with Crippen molar-refractivity contribution in [3.8, 4) is 5.75 Å². The van der Waals surface area contributed by atoms with Crippen LogP contribution in [0.1, 0.15) is 24.5 Å². The van der Waals surface area contributed by atoms with E-state index in [-0.39, 0.29) is 30.5 Å². The first-order valence-corrected chi connectivity index (χ1v) is 10.1. The van der Waals surface area contributed by atoms with Crippen molar-refractivity contribution in [3.63, 3.8) is 0 Å². The lowest BCUT2D eigenvalue weighted by Gasteiger charge is -2.36. The normalized spacial score (nSPS) is 24.0. The van der Waals surface area contributed by atoms with Crippen molar-refractivity contribution in [1.82, 2.24) is 4.90 Å². The van der Waals surface area contributed by atoms with Gasteiger partial charge in [0.15, 0.2) is 6.61 Å². The number of aliphatic hydroxyl groups is 1. The van der Waals surface area contributed by atoms with Gasteiger partial charge in [-0.2, -0.15) is 0 Å². The van der Waals surface area contributed by atoms with Gasteiger partial charge in [0.25, 0.3) is 5.91 Å². The summed E-state index contributed by atoms with van der Waals surface area (Å²) in [5.74, 6) is 0.689. The van der Waals surface area contributed by atoms with Crippen LogP contribution in [0, 0.1) is 18.3 Å². The van der Waals surface area contributed by atoms with Gasteiger partial charge < -0.3 is 23.9 Å². The second kappa shape index (κ2) is 7.80. The van der Waals surface area contributed by atoms with Crippen LogP contribution in [0.3, 0.4) is 0 Å². The van der Waals surface area contributed by atoms with Crippen LogP contribution in [0.15, 0.2) is 27.4 Å². The summed E-state index contributed by atoms with van der Waals surface area (Å²) in [5, 5.41) is 10.6. The Labute approximate surface area is 169 Å². The van der Waals surface area contributed by atoms with Crippen LogP contribution < -0.4 is 10.4 Å². The predicted octanol–water partition coefficient (Wildman–Crippen LogP) is 1.90. The van der Waals surface area contributed by atoms with Gasteiger partial charge in [0.1, 0.15) is 11.3 Å². The SMILES string of the molecule is CCc1cc(=O)oc2cc(C)cc(OCC(=O)N3C[C@@H]4CCOC[C@]4(CO)C3)c12. The molecule has 2 saturated heterocycles. The zero-order valence-electron chi connectivity index (χ0n) is 16.9. The number of rotatable bonds is 5. The average Bonchev–Trinajstić information content (AvgIpc) is 3.11. The average molecular weight is 401 g/mol. The van der Waals surface area contributed by atoms with E-state index >= 15 is 0 Å². The molecular formula is C22H27NO6. The van der Waals surface area contributed by atoms with Crippen molar-refractivity contribution in [2.45, 2.75) is 26.7 Å². The van der Waals surface area contributed by atoms with E-state index in [0.29, 0.717) is 44.1 Å². The van der Waals surface area contributed by atoms with Gasteiger partial charge in [0.2, 0.25) is 0 Å². The van der Waals surface area contributed by atoms with Crippen molar-refractivity contribution in [2.75, 3.05) is 39.5 Å². The molecule has 1 amide bonds. The minimum absolute atomic E-state index is 0.0176. The molecule has 7 heteroatoms. The van der Waals surface area contributed by atoms with E-state index in [1.807, 2.05) is 19.9 Å². The fraction of sp³-hybridized carbons (Fsp3) is 0.545. The molecule has 0 bridgehead atoms. The highest BCUT2D eigenvalue weighted by molar-refractivity contribution is 5.88. The Morgan fingerprint density at radius 3 is 2.93 bits per heavy atom. The largest absolute Gasteiger partial charge is 0.483 e. The number of ether oxygens (including phenoxy) is 2. The molecule has 29 heavy (non-hydrogen) atoms. The lowest BCUT2D eigenvalue weighted by molar-refractivity contribution is -0.133. The Balaban J connectivity index is 1.54. The lowest BCUT2D eigenvalue weighted by atomic mass is 9.76. The van der Waals surface area contributed by atoms with Crippen molar-refractivity contribution >= 4 is 16.9 Å². The molecule has 0 radical (unpaired) electrons. The molecule has 2 atom stereocenters. The smallest absolute Gasteiger partial charge is 0.336 e. The number of likely N-dealkylation sites (tertiary alicyclic amines) is 1. The molecule has 1 N–H and O–H groups in total. The van der Waals surface area contributed by atoms with Gasteiger partial charge in [0, 0.05) is 31.2 Å². The minimum Gasteiger partial charge on any atom is -0.483 e. The number of carbonyl (C=O) groups is 1. The number of aryl methyl sites for hydroxylation is 2. The second-order valence-corrected chi connectivity index (χ2v) is 8.20. The van der Waals surface area contributed by atoms with Crippen LogP contribution in [0.25, 0.3) is 11.0 Å². The fourth-order valence-electron chi connectivity index (χ4n) is 4.60. The van der Waals surface area contributed by atoms with Crippen molar-refractivity contribution in [1.29, 1.82) is 0 Å². The Hall–Kier alpha value is -2.38. The number of carbonyl (C=O) groups excluding carboxylic acids is 1. The molecule has 0 saturated carbocycles. The first-order chi connectivity index (χ1) is 14.0. The Morgan fingerprint density at radius 2 is 2.21 bits per heavy atom. The van der Waals surface area contributed by atoms with Crippen molar-refractivity contribution in [3.05, 3.63) is 39.7 Å². The quantitative estimate of drug-likeness (QED) is 0.770. The summed E-state index contributed by atoms with van der Waals surface area (Å²) in [4.78, 5) is 26.4. The molecule has 0 unspecified atom stereocenters. The monoisotopic (exact) mass is 401 g/mol. The molecular weight excluding hydrogens is 374 g/mol. The van der Waals surface area contributed by atoms with Crippen LogP contribution >= 0.6 is 0 Å². The fourth-order valence-corrected chi connectivity index (χ4v) is 4.60. The van der Waals surface area contributed by atoms with Crippen LogP contribution in [-0.2, 0) is 16.0 Å². The molecule has 2 fully saturated rings. The summed E-state index contributed by atoms with van der Waals surface area (Å²) < 4.78 is 16.8. The Kier molecular flexibility index (Phi) is 5.36. The maximum absolute atomic E-state index is 12.9. The van der Waals surface area contributed by atoms with E-state index in [1.54, 1.807) is 11.0 Å². The van der Waals surface area contributed by atoms with Gasteiger partial charge in [-0.25, -0.2) is 4.79 Å². The molecule has 4 rings (SSSR count). The van der Waals surface area contributed by atoms with Crippen LogP contribution in [-0.4, -0.2) is 55.4 Å². The molecule has 1 aromatic heterocycles. The molecule has 3 heterocycles. The summed E-state index contributed by atoms with van der Waals surface area (Å²) in [5.41, 5.74) is 1.45. The van der Waals surface area contributed by atoms with Gasteiger partial charge in [-0.1, -0.05) is 6.92 Å². The molecule has 1 aromatic carbocycles. The van der Waals surface area contributed by atoms with Gasteiger partial charge in [-0.05, 0) is 48.9 Å². The Bertz CT molecular complexity index is 983. The van der Waals surface area contributed by atoms with E-state index in [0.717, 1.165) is 22.9 Å².